The van der Waals surface area contributed by atoms with Gasteiger partial charge in [0.1, 0.15) is 5.82 Å². The molecule has 5 rings (SSSR count). The fourth-order valence-corrected chi connectivity index (χ4v) is 6.72. The van der Waals surface area contributed by atoms with E-state index in [1.54, 1.807) is 11.5 Å². The molecule has 1 aliphatic heterocycles. The summed E-state index contributed by atoms with van der Waals surface area (Å²) >= 11 is 1.62. The summed E-state index contributed by atoms with van der Waals surface area (Å²) in [4.78, 5) is 17.6. The van der Waals surface area contributed by atoms with Crippen LogP contribution in [-0.4, -0.2) is 53.9 Å². The number of aromatic nitrogens is 1. The molecule has 2 saturated carbocycles. The highest BCUT2D eigenvalue weighted by molar-refractivity contribution is 7.13. The molecule has 5 nitrogen and oxygen atoms in total. The van der Waals surface area contributed by atoms with E-state index in [1.165, 1.54) is 73.8 Å². The molecule has 174 valence electrons. The summed E-state index contributed by atoms with van der Waals surface area (Å²) in [6.45, 7) is 5.65. The van der Waals surface area contributed by atoms with E-state index in [9.17, 15) is 4.79 Å². The number of piperazine rings is 1. The molecule has 0 unspecified atom stereocenters. The minimum absolute atomic E-state index is 0.294. The average molecular weight is 455 g/mol. The Bertz CT molecular complexity index is 877. The van der Waals surface area contributed by atoms with Crippen LogP contribution in [0.1, 0.15) is 64.2 Å². The molecule has 2 aromatic rings. The Labute approximate surface area is 196 Å². The number of amides is 1. The summed E-state index contributed by atoms with van der Waals surface area (Å²) in [5.74, 6) is 2.65. The second-order valence-electron chi connectivity index (χ2n) is 10.2. The molecule has 32 heavy (non-hydrogen) atoms. The number of carbonyl (C=O) groups excluding carboxylic acids is 1. The van der Waals surface area contributed by atoms with Crippen molar-refractivity contribution in [2.24, 2.45) is 11.8 Å². The molecule has 1 N–H and O–H groups in total. The third kappa shape index (κ3) is 5.28. The molecule has 1 aromatic heterocycles. The third-order valence-electron chi connectivity index (χ3n) is 8.05. The first-order chi connectivity index (χ1) is 15.8. The van der Waals surface area contributed by atoms with Gasteiger partial charge in [-0.1, -0.05) is 31.4 Å². The molecule has 6 heteroatoms. The van der Waals surface area contributed by atoms with Gasteiger partial charge >= 0.3 is 0 Å². The highest BCUT2D eigenvalue weighted by Crippen LogP contribution is 2.31. The van der Waals surface area contributed by atoms with Gasteiger partial charge in [0.05, 0.1) is 4.70 Å². The van der Waals surface area contributed by atoms with Crippen LogP contribution in [0.4, 0.5) is 5.82 Å². The maximum absolute atomic E-state index is 12.5. The lowest BCUT2D eigenvalue weighted by atomic mass is 9.83. The summed E-state index contributed by atoms with van der Waals surface area (Å²) in [5, 5.41) is 4.69. The lowest BCUT2D eigenvalue weighted by molar-refractivity contribution is -0.126. The normalized spacial score (nSPS) is 25.8. The van der Waals surface area contributed by atoms with E-state index in [-0.39, 0.29) is 0 Å². The SMILES string of the molecule is O=C(NC1CCC(CCN2CCN(c3nsc4ccccc34)CC2)CC1)C1CCCCC1. The first-order valence-corrected chi connectivity index (χ1v) is 13.7. The Morgan fingerprint density at radius 3 is 2.50 bits per heavy atom. The molecule has 0 atom stereocenters. The maximum atomic E-state index is 12.5. The Hall–Kier alpha value is -1.66. The number of carbonyl (C=O) groups is 1. The van der Waals surface area contributed by atoms with Gasteiger partial charge in [-0.2, -0.15) is 4.37 Å². The van der Waals surface area contributed by atoms with Crippen molar-refractivity contribution in [3.05, 3.63) is 24.3 Å². The summed E-state index contributed by atoms with van der Waals surface area (Å²) in [7, 11) is 0. The Kier molecular flexibility index (Phi) is 7.28. The molecule has 0 radical (unpaired) electrons. The van der Waals surface area contributed by atoms with Gasteiger partial charge in [-0.05, 0) is 81.1 Å². The van der Waals surface area contributed by atoms with Crippen LogP contribution >= 0.6 is 11.5 Å². The highest BCUT2D eigenvalue weighted by Gasteiger charge is 2.27. The number of benzene rings is 1. The number of nitrogens with one attached hydrogen (secondary N) is 1. The number of hydrogen-bond acceptors (Lipinski definition) is 5. The molecule has 2 aliphatic carbocycles. The van der Waals surface area contributed by atoms with E-state index in [2.05, 4.69) is 39.4 Å². The topological polar surface area (TPSA) is 48.5 Å². The molecule has 1 amide bonds. The first-order valence-electron chi connectivity index (χ1n) is 12.9. The largest absolute Gasteiger partial charge is 0.353 e. The lowest BCUT2D eigenvalue weighted by Gasteiger charge is -2.36. The highest BCUT2D eigenvalue weighted by atomic mass is 32.1. The molecule has 0 spiro atoms. The van der Waals surface area contributed by atoms with Crippen LogP contribution in [-0.2, 0) is 4.79 Å². The smallest absolute Gasteiger partial charge is 0.223 e. The molecule has 1 saturated heterocycles. The van der Waals surface area contributed by atoms with Crippen molar-refractivity contribution in [2.75, 3.05) is 37.6 Å². The summed E-state index contributed by atoms with van der Waals surface area (Å²) < 4.78 is 6.03. The summed E-state index contributed by atoms with van der Waals surface area (Å²) in [6.07, 6.45) is 12.2. The minimum Gasteiger partial charge on any atom is -0.353 e. The number of fused-ring (bicyclic) bond motifs is 1. The van der Waals surface area contributed by atoms with Gasteiger partial charge in [-0.3, -0.25) is 9.69 Å². The molecule has 3 aliphatic rings. The average Bonchev–Trinajstić information content (AvgIpc) is 3.29. The van der Waals surface area contributed by atoms with E-state index in [0.717, 1.165) is 44.9 Å². The van der Waals surface area contributed by atoms with Crippen LogP contribution in [0.3, 0.4) is 0 Å². The Morgan fingerprint density at radius 1 is 0.969 bits per heavy atom. The van der Waals surface area contributed by atoms with Crippen molar-refractivity contribution in [3.8, 4) is 0 Å². The Balaban J connectivity index is 1.01. The quantitative estimate of drug-likeness (QED) is 0.662. The number of nitrogens with zero attached hydrogens (tertiary/aromatic N) is 3. The molecule has 3 fully saturated rings. The van der Waals surface area contributed by atoms with Crippen molar-refractivity contribution in [3.63, 3.8) is 0 Å². The molecule has 0 bridgehead atoms. The molecular formula is C26H38N4OS. The van der Waals surface area contributed by atoms with Gasteiger partial charge in [-0.15, -0.1) is 0 Å². The summed E-state index contributed by atoms with van der Waals surface area (Å²) in [6, 6.07) is 9.02. The van der Waals surface area contributed by atoms with E-state index >= 15 is 0 Å². The number of rotatable bonds is 6. The third-order valence-corrected chi connectivity index (χ3v) is 8.87. The molecular weight excluding hydrogens is 416 g/mol. The van der Waals surface area contributed by atoms with Crippen LogP contribution < -0.4 is 10.2 Å². The van der Waals surface area contributed by atoms with Crippen LogP contribution in [0.5, 0.6) is 0 Å². The maximum Gasteiger partial charge on any atom is 0.223 e. The van der Waals surface area contributed by atoms with Crippen molar-refractivity contribution in [1.29, 1.82) is 0 Å². The zero-order chi connectivity index (χ0) is 21.8. The van der Waals surface area contributed by atoms with Gasteiger partial charge < -0.3 is 10.2 Å². The fraction of sp³-hybridized carbons (Fsp3) is 0.692. The Morgan fingerprint density at radius 2 is 1.72 bits per heavy atom. The van der Waals surface area contributed by atoms with E-state index < -0.39 is 0 Å². The zero-order valence-corrected chi connectivity index (χ0v) is 20.1. The van der Waals surface area contributed by atoms with Gasteiger partial charge in [0, 0.05) is 43.5 Å². The van der Waals surface area contributed by atoms with E-state index in [4.69, 9.17) is 4.37 Å². The molecule has 2 heterocycles. The minimum atomic E-state index is 0.294. The fourth-order valence-electron chi connectivity index (χ4n) is 5.93. The van der Waals surface area contributed by atoms with Crippen LogP contribution in [0, 0.1) is 11.8 Å². The monoisotopic (exact) mass is 454 g/mol. The number of anilines is 1. The van der Waals surface area contributed by atoms with Crippen LogP contribution in [0.15, 0.2) is 24.3 Å². The van der Waals surface area contributed by atoms with Crippen molar-refractivity contribution >= 4 is 33.3 Å². The second-order valence-corrected chi connectivity index (χ2v) is 11.0. The van der Waals surface area contributed by atoms with E-state index in [0.29, 0.717) is 17.9 Å². The van der Waals surface area contributed by atoms with Gasteiger partial charge in [0.2, 0.25) is 5.91 Å². The van der Waals surface area contributed by atoms with Crippen molar-refractivity contribution in [2.45, 2.75) is 70.3 Å². The van der Waals surface area contributed by atoms with E-state index in [1.807, 2.05) is 0 Å². The van der Waals surface area contributed by atoms with Crippen LogP contribution in [0.25, 0.3) is 10.1 Å². The zero-order valence-electron chi connectivity index (χ0n) is 19.3. The molecule has 1 aromatic carbocycles. The lowest BCUT2D eigenvalue weighted by Crippen LogP contribution is -2.47. The predicted octanol–water partition coefficient (Wildman–Crippen LogP) is 5.06. The summed E-state index contributed by atoms with van der Waals surface area (Å²) in [5.41, 5.74) is 0. The standard InChI is InChI=1S/C26H38N4OS/c31-26(21-6-2-1-3-7-21)27-22-12-10-20(11-13-22)14-15-29-16-18-30(19-17-29)25-23-8-4-5-9-24(23)32-28-25/h4-5,8-9,20-22H,1-3,6-7,10-19H2,(H,27,31). The predicted molar refractivity (Wildman–Crippen MR) is 133 cm³/mol. The van der Waals surface area contributed by atoms with Crippen molar-refractivity contribution < 1.29 is 4.79 Å². The van der Waals surface area contributed by atoms with Gasteiger partial charge in [0.25, 0.3) is 0 Å². The van der Waals surface area contributed by atoms with Crippen molar-refractivity contribution in [1.82, 2.24) is 14.6 Å². The van der Waals surface area contributed by atoms with Gasteiger partial charge in [0.15, 0.2) is 0 Å². The first kappa shape index (κ1) is 22.1. The van der Waals surface area contributed by atoms with Crippen LogP contribution in [0.2, 0.25) is 0 Å². The number of hydrogen-bond donors (Lipinski definition) is 1. The second kappa shape index (κ2) is 10.5. The van der Waals surface area contributed by atoms with Gasteiger partial charge in [-0.25, -0.2) is 0 Å².